The SMILES string of the molecule is O=S(=O)(c1ccccc1)[C@H]1CCN(S(=O)(=O)C2CCCCC2)C1. The van der Waals surface area contributed by atoms with Gasteiger partial charge in [0.25, 0.3) is 0 Å². The molecule has 1 aliphatic heterocycles. The topological polar surface area (TPSA) is 71.5 Å². The Morgan fingerprint density at radius 3 is 2.13 bits per heavy atom. The number of nitrogens with zero attached hydrogens (tertiary/aromatic N) is 1. The number of sulfonamides is 1. The summed E-state index contributed by atoms with van der Waals surface area (Å²) in [6, 6.07) is 8.31. The highest BCUT2D eigenvalue weighted by Gasteiger charge is 2.41. The molecule has 128 valence electrons. The summed E-state index contributed by atoms with van der Waals surface area (Å²) in [5, 5.41) is -0.960. The third-order valence-electron chi connectivity index (χ3n) is 4.95. The van der Waals surface area contributed by atoms with Crippen molar-refractivity contribution < 1.29 is 16.8 Å². The highest BCUT2D eigenvalue weighted by molar-refractivity contribution is 7.92. The average molecular weight is 357 g/mol. The van der Waals surface area contributed by atoms with Crippen LogP contribution >= 0.6 is 0 Å². The van der Waals surface area contributed by atoms with Crippen molar-refractivity contribution in [1.82, 2.24) is 4.31 Å². The lowest BCUT2D eigenvalue weighted by Gasteiger charge is -2.27. The Morgan fingerprint density at radius 2 is 1.48 bits per heavy atom. The van der Waals surface area contributed by atoms with Gasteiger partial charge in [0.15, 0.2) is 9.84 Å². The van der Waals surface area contributed by atoms with Crippen molar-refractivity contribution in [2.75, 3.05) is 13.1 Å². The van der Waals surface area contributed by atoms with E-state index in [4.69, 9.17) is 0 Å². The van der Waals surface area contributed by atoms with E-state index in [0.29, 0.717) is 25.8 Å². The van der Waals surface area contributed by atoms with Gasteiger partial charge in [-0.1, -0.05) is 37.5 Å². The van der Waals surface area contributed by atoms with Crippen LogP contribution in [-0.2, 0) is 19.9 Å². The molecule has 2 fully saturated rings. The minimum atomic E-state index is -3.47. The van der Waals surface area contributed by atoms with E-state index >= 15 is 0 Å². The van der Waals surface area contributed by atoms with E-state index in [2.05, 4.69) is 0 Å². The van der Waals surface area contributed by atoms with Crippen LogP contribution in [0.3, 0.4) is 0 Å². The summed E-state index contributed by atoms with van der Waals surface area (Å²) < 4.78 is 52.2. The molecule has 0 aromatic heterocycles. The maximum atomic E-state index is 12.7. The lowest BCUT2D eigenvalue weighted by atomic mass is 10.0. The first-order valence-corrected chi connectivity index (χ1v) is 11.3. The van der Waals surface area contributed by atoms with Gasteiger partial charge < -0.3 is 0 Å². The number of hydrogen-bond donors (Lipinski definition) is 0. The van der Waals surface area contributed by atoms with Crippen LogP contribution in [0, 0.1) is 0 Å². The van der Waals surface area contributed by atoms with E-state index in [0.717, 1.165) is 19.3 Å². The first-order chi connectivity index (χ1) is 10.9. The molecule has 1 aromatic carbocycles. The van der Waals surface area contributed by atoms with Crippen LogP contribution < -0.4 is 0 Å². The molecule has 0 amide bonds. The standard InChI is InChI=1S/C16H23NO4S2/c18-22(19,14-7-3-1-4-8-14)16-11-12-17(13-16)23(20,21)15-9-5-2-6-10-15/h1,3-4,7-8,15-16H,2,5-6,9-13H2/t16-/m0/s1. The van der Waals surface area contributed by atoms with Gasteiger partial charge in [0.1, 0.15) is 0 Å². The van der Waals surface area contributed by atoms with E-state index in [1.807, 2.05) is 0 Å². The summed E-state index contributed by atoms with van der Waals surface area (Å²) in [6.45, 7) is 0.408. The molecule has 1 aliphatic carbocycles. The third-order valence-corrected chi connectivity index (χ3v) is 9.51. The fourth-order valence-corrected chi connectivity index (χ4v) is 7.46. The van der Waals surface area contributed by atoms with E-state index < -0.39 is 25.1 Å². The monoisotopic (exact) mass is 357 g/mol. The van der Waals surface area contributed by atoms with Crippen molar-refractivity contribution in [3.05, 3.63) is 30.3 Å². The van der Waals surface area contributed by atoms with E-state index in [-0.39, 0.29) is 16.7 Å². The maximum absolute atomic E-state index is 12.7. The minimum absolute atomic E-state index is 0.0933. The zero-order chi connectivity index (χ0) is 16.5. The van der Waals surface area contributed by atoms with Crippen molar-refractivity contribution in [3.63, 3.8) is 0 Å². The van der Waals surface area contributed by atoms with Gasteiger partial charge in [-0.25, -0.2) is 21.1 Å². The van der Waals surface area contributed by atoms with Crippen LogP contribution in [0.15, 0.2) is 35.2 Å². The number of hydrogen-bond acceptors (Lipinski definition) is 4. The molecule has 0 radical (unpaired) electrons. The molecule has 5 nitrogen and oxygen atoms in total. The van der Waals surface area contributed by atoms with Crippen LogP contribution in [-0.4, -0.2) is 44.7 Å². The second-order valence-corrected chi connectivity index (χ2v) is 10.9. The van der Waals surface area contributed by atoms with Gasteiger partial charge >= 0.3 is 0 Å². The van der Waals surface area contributed by atoms with Crippen LogP contribution in [0.2, 0.25) is 0 Å². The van der Waals surface area contributed by atoms with Crippen molar-refractivity contribution in [2.45, 2.75) is 53.9 Å². The quantitative estimate of drug-likeness (QED) is 0.828. The summed E-state index contributed by atoms with van der Waals surface area (Å²) in [7, 11) is -6.84. The van der Waals surface area contributed by atoms with Gasteiger partial charge in [-0.05, 0) is 31.4 Å². The third kappa shape index (κ3) is 3.32. The Kier molecular flexibility index (Phi) is 4.80. The first-order valence-electron chi connectivity index (χ1n) is 8.20. The molecule has 1 aromatic rings. The molecule has 1 atom stereocenters. The fourth-order valence-electron chi connectivity index (χ4n) is 3.56. The summed E-state index contributed by atoms with van der Waals surface area (Å²) in [4.78, 5) is 0.280. The van der Waals surface area contributed by atoms with Crippen LogP contribution in [0.25, 0.3) is 0 Å². The molecular weight excluding hydrogens is 334 g/mol. The molecular formula is C16H23NO4S2. The van der Waals surface area contributed by atoms with Crippen molar-refractivity contribution in [3.8, 4) is 0 Å². The fraction of sp³-hybridized carbons (Fsp3) is 0.625. The molecule has 0 spiro atoms. The van der Waals surface area contributed by atoms with Crippen LogP contribution in [0.4, 0.5) is 0 Å². The highest BCUT2D eigenvalue weighted by atomic mass is 32.2. The van der Waals surface area contributed by atoms with E-state index in [9.17, 15) is 16.8 Å². The summed E-state index contributed by atoms with van der Waals surface area (Å²) >= 11 is 0. The summed E-state index contributed by atoms with van der Waals surface area (Å²) in [5.41, 5.74) is 0. The summed E-state index contributed by atoms with van der Waals surface area (Å²) in [5.74, 6) is 0. The Morgan fingerprint density at radius 1 is 0.826 bits per heavy atom. The Balaban J connectivity index is 1.76. The predicted octanol–water partition coefficient (Wildman–Crippen LogP) is 2.20. The molecule has 1 heterocycles. The van der Waals surface area contributed by atoms with Gasteiger partial charge in [0.05, 0.1) is 15.4 Å². The Labute approximate surface area is 138 Å². The number of rotatable bonds is 4. The Hall–Kier alpha value is -0.920. The minimum Gasteiger partial charge on any atom is -0.223 e. The normalized spacial score (nSPS) is 24.8. The van der Waals surface area contributed by atoms with E-state index in [1.165, 1.54) is 4.31 Å². The number of benzene rings is 1. The molecule has 7 heteroatoms. The zero-order valence-electron chi connectivity index (χ0n) is 13.1. The predicted molar refractivity (Wildman–Crippen MR) is 89.4 cm³/mol. The van der Waals surface area contributed by atoms with Gasteiger partial charge in [-0.2, -0.15) is 0 Å². The smallest absolute Gasteiger partial charge is 0.217 e. The molecule has 1 saturated carbocycles. The second-order valence-electron chi connectivity index (χ2n) is 6.43. The maximum Gasteiger partial charge on any atom is 0.217 e. The number of sulfone groups is 1. The Bertz CT molecular complexity index is 738. The molecule has 1 saturated heterocycles. The molecule has 0 N–H and O–H groups in total. The van der Waals surface area contributed by atoms with Crippen molar-refractivity contribution in [2.24, 2.45) is 0 Å². The van der Waals surface area contributed by atoms with Crippen LogP contribution in [0.1, 0.15) is 38.5 Å². The van der Waals surface area contributed by atoms with Gasteiger partial charge in [0.2, 0.25) is 10.0 Å². The average Bonchev–Trinajstić information content (AvgIpc) is 3.08. The van der Waals surface area contributed by atoms with Gasteiger partial charge in [0, 0.05) is 13.1 Å². The first kappa shape index (κ1) is 16.9. The van der Waals surface area contributed by atoms with Gasteiger partial charge in [-0.15, -0.1) is 0 Å². The van der Waals surface area contributed by atoms with Crippen molar-refractivity contribution in [1.29, 1.82) is 0 Å². The summed E-state index contributed by atoms with van der Waals surface area (Å²) in [6.07, 6.45) is 4.77. The zero-order valence-corrected chi connectivity index (χ0v) is 14.7. The highest BCUT2D eigenvalue weighted by Crippen LogP contribution is 2.31. The molecule has 3 rings (SSSR count). The van der Waals surface area contributed by atoms with Gasteiger partial charge in [-0.3, -0.25) is 0 Å². The lowest BCUT2D eigenvalue weighted by Crippen LogP contribution is -2.39. The molecule has 23 heavy (non-hydrogen) atoms. The van der Waals surface area contributed by atoms with Crippen molar-refractivity contribution >= 4 is 19.9 Å². The van der Waals surface area contributed by atoms with E-state index in [1.54, 1.807) is 30.3 Å². The molecule has 0 bridgehead atoms. The lowest BCUT2D eigenvalue weighted by molar-refractivity contribution is 0.428. The largest absolute Gasteiger partial charge is 0.223 e. The van der Waals surface area contributed by atoms with Crippen LogP contribution in [0.5, 0.6) is 0 Å². The molecule has 2 aliphatic rings. The molecule has 0 unspecified atom stereocenters. The second kappa shape index (κ2) is 6.53.